The van der Waals surface area contributed by atoms with Crippen molar-refractivity contribution in [3.63, 3.8) is 0 Å². The number of rotatable bonds is 5. The molecule has 0 atom stereocenters. The summed E-state index contributed by atoms with van der Waals surface area (Å²) in [4.78, 5) is 17.6. The van der Waals surface area contributed by atoms with E-state index in [9.17, 15) is 4.79 Å². The molecular formula is C25H23N3O2. The van der Waals surface area contributed by atoms with Crippen LogP contribution in [0, 0.1) is 13.8 Å². The largest absolute Gasteiger partial charge is 0.380 e. The van der Waals surface area contributed by atoms with Crippen LogP contribution in [0.5, 0.6) is 0 Å². The van der Waals surface area contributed by atoms with Crippen LogP contribution in [0.4, 0.5) is 0 Å². The molecule has 0 fully saturated rings. The van der Waals surface area contributed by atoms with Gasteiger partial charge in [0.15, 0.2) is 5.84 Å². The maximum Gasteiger partial charge on any atom is 0.365 e. The molecule has 0 saturated heterocycles. The molecule has 0 bridgehead atoms. The van der Waals surface area contributed by atoms with Gasteiger partial charge in [-0.15, -0.1) is 0 Å². The third-order valence-corrected chi connectivity index (χ3v) is 5.35. The zero-order valence-electron chi connectivity index (χ0n) is 17.0. The van der Waals surface area contributed by atoms with Crippen molar-refractivity contribution in [2.75, 3.05) is 0 Å². The van der Waals surface area contributed by atoms with Gasteiger partial charge in [-0.2, -0.15) is 0 Å². The Kier molecular flexibility index (Phi) is 5.35. The summed E-state index contributed by atoms with van der Waals surface area (Å²) in [5.41, 5.74) is 11.7. The third-order valence-electron chi connectivity index (χ3n) is 5.35. The SMILES string of the molecule is Cc1c(C)n(Cc2ccccc2)c2ccc(C(=O)O/N=C(\N)c3ccccc3)cc12. The molecule has 0 aliphatic rings. The number of aryl methyl sites for hydroxylation is 1. The number of nitrogens with zero attached hydrogens (tertiary/aromatic N) is 2. The second-order valence-electron chi connectivity index (χ2n) is 7.24. The first kappa shape index (κ1) is 19.5. The highest BCUT2D eigenvalue weighted by atomic mass is 16.7. The zero-order valence-corrected chi connectivity index (χ0v) is 17.0. The first-order valence-electron chi connectivity index (χ1n) is 9.78. The summed E-state index contributed by atoms with van der Waals surface area (Å²) >= 11 is 0. The number of amidine groups is 1. The number of hydrogen-bond acceptors (Lipinski definition) is 3. The van der Waals surface area contributed by atoms with Gasteiger partial charge in [0.25, 0.3) is 0 Å². The highest BCUT2D eigenvalue weighted by Gasteiger charge is 2.15. The van der Waals surface area contributed by atoms with Crippen molar-refractivity contribution in [3.8, 4) is 0 Å². The summed E-state index contributed by atoms with van der Waals surface area (Å²) in [6.07, 6.45) is 0. The average molecular weight is 397 g/mol. The normalized spacial score (nSPS) is 11.6. The number of oxime groups is 1. The van der Waals surface area contributed by atoms with E-state index in [1.54, 1.807) is 18.2 Å². The second-order valence-corrected chi connectivity index (χ2v) is 7.24. The lowest BCUT2D eigenvalue weighted by Crippen LogP contribution is -2.15. The fourth-order valence-corrected chi connectivity index (χ4v) is 3.55. The molecule has 0 saturated carbocycles. The molecule has 0 spiro atoms. The molecule has 1 aromatic heterocycles. The predicted molar refractivity (Wildman–Crippen MR) is 120 cm³/mol. The Bertz CT molecular complexity index is 1230. The van der Waals surface area contributed by atoms with Crippen molar-refractivity contribution in [1.82, 2.24) is 4.57 Å². The first-order chi connectivity index (χ1) is 14.5. The van der Waals surface area contributed by atoms with E-state index in [2.05, 4.69) is 35.7 Å². The first-order valence-corrected chi connectivity index (χ1v) is 9.78. The van der Waals surface area contributed by atoms with Gasteiger partial charge in [-0.3, -0.25) is 0 Å². The van der Waals surface area contributed by atoms with Crippen LogP contribution in [0.3, 0.4) is 0 Å². The Morgan fingerprint density at radius 2 is 1.60 bits per heavy atom. The fraction of sp³-hybridized carbons (Fsp3) is 0.120. The highest BCUT2D eigenvalue weighted by Crippen LogP contribution is 2.27. The highest BCUT2D eigenvalue weighted by molar-refractivity contribution is 5.99. The maximum atomic E-state index is 12.5. The summed E-state index contributed by atoms with van der Waals surface area (Å²) < 4.78 is 2.26. The van der Waals surface area contributed by atoms with Crippen LogP contribution in [-0.4, -0.2) is 16.4 Å². The Morgan fingerprint density at radius 1 is 0.933 bits per heavy atom. The number of carbonyl (C=O) groups is 1. The number of hydrogen-bond donors (Lipinski definition) is 1. The van der Waals surface area contributed by atoms with E-state index >= 15 is 0 Å². The molecule has 4 aromatic rings. The zero-order chi connectivity index (χ0) is 21.1. The minimum absolute atomic E-state index is 0.158. The fourth-order valence-electron chi connectivity index (χ4n) is 3.55. The van der Waals surface area contributed by atoms with Crippen LogP contribution in [0.15, 0.2) is 84.0 Å². The van der Waals surface area contributed by atoms with E-state index in [-0.39, 0.29) is 5.84 Å². The monoisotopic (exact) mass is 397 g/mol. The minimum Gasteiger partial charge on any atom is -0.380 e. The van der Waals surface area contributed by atoms with E-state index in [4.69, 9.17) is 10.6 Å². The van der Waals surface area contributed by atoms with Crippen molar-refractivity contribution >= 4 is 22.7 Å². The van der Waals surface area contributed by atoms with Crippen molar-refractivity contribution in [2.45, 2.75) is 20.4 Å². The Hall–Kier alpha value is -3.86. The van der Waals surface area contributed by atoms with Crippen molar-refractivity contribution in [2.24, 2.45) is 10.9 Å². The van der Waals surface area contributed by atoms with Crippen molar-refractivity contribution < 1.29 is 9.63 Å². The van der Waals surface area contributed by atoms with Crippen LogP contribution in [0.25, 0.3) is 10.9 Å². The number of carbonyl (C=O) groups excluding carboxylic acids is 1. The van der Waals surface area contributed by atoms with Gasteiger partial charge in [0.2, 0.25) is 0 Å². The Balaban J connectivity index is 1.60. The lowest BCUT2D eigenvalue weighted by Gasteiger charge is -2.09. The predicted octanol–water partition coefficient (Wildman–Crippen LogP) is 4.78. The van der Waals surface area contributed by atoms with E-state index < -0.39 is 5.97 Å². The number of nitrogens with two attached hydrogens (primary N) is 1. The van der Waals surface area contributed by atoms with Crippen LogP contribution >= 0.6 is 0 Å². The van der Waals surface area contributed by atoms with Crippen LogP contribution in [-0.2, 0) is 11.4 Å². The Labute approximate surface area is 175 Å². The molecule has 4 rings (SSSR count). The standard InChI is InChI=1S/C25H23N3O2/c1-17-18(2)28(16-19-9-5-3-6-10-19)23-14-13-21(15-22(17)23)25(29)30-27-24(26)20-11-7-4-8-12-20/h3-15H,16H2,1-2H3,(H2,26,27). The second kappa shape index (κ2) is 8.25. The summed E-state index contributed by atoms with van der Waals surface area (Å²) in [7, 11) is 0. The van der Waals surface area contributed by atoms with E-state index in [1.807, 2.05) is 48.5 Å². The molecule has 0 unspecified atom stereocenters. The lowest BCUT2D eigenvalue weighted by molar-refractivity contribution is 0.0516. The molecule has 2 N–H and O–H groups in total. The molecule has 5 heteroatoms. The molecule has 3 aromatic carbocycles. The number of benzene rings is 3. The van der Waals surface area contributed by atoms with Gasteiger partial charge < -0.3 is 15.1 Å². The van der Waals surface area contributed by atoms with E-state index in [0.717, 1.165) is 23.0 Å². The quantitative estimate of drug-likeness (QED) is 0.228. The summed E-state index contributed by atoms with van der Waals surface area (Å²) in [5.74, 6) is -0.380. The van der Waals surface area contributed by atoms with Gasteiger partial charge in [-0.1, -0.05) is 65.8 Å². The van der Waals surface area contributed by atoms with Gasteiger partial charge in [0.1, 0.15) is 0 Å². The van der Waals surface area contributed by atoms with Crippen LogP contribution in [0.2, 0.25) is 0 Å². The molecule has 30 heavy (non-hydrogen) atoms. The molecule has 0 amide bonds. The molecule has 0 radical (unpaired) electrons. The van der Waals surface area contributed by atoms with Crippen LogP contribution < -0.4 is 5.73 Å². The topological polar surface area (TPSA) is 69.6 Å². The van der Waals surface area contributed by atoms with E-state index in [1.165, 1.54) is 11.3 Å². The molecule has 5 nitrogen and oxygen atoms in total. The molecule has 1 heterocycles. The van der Waals surface area contributed by atoms with Gasteiger partial charge in [0, 0.05) is 28.7 Å². The van der Waals surface area contributed by atoms with Gasteiger partial charge in [0.05, 0.1) is 5.56 Å². The van der Waals surface area contributed by atoms with Crippen LogP contribution in [0.1, 0.15) is 32.7 Å². The van der Waals surface area contributed by atoms with Crippen molar-refractivity contribution in [3.05, 3.63) is 107 Å². The smallest absolute Gasteiger partial charge is 0.365 e. The average Bonchev–Trinajstić information content (AvgIpc) is 3.03. The van der Waals surface area contributed by atoms with Gasteiger partial charge in [-0.25, -0.2) is 4.79 Å². The minimum atomic E-state index is -0.538. The third kappa shape index (κ3) is 3.82. The molecule has 0 aliphatic carbocycles. The summed E-state index contributed by atoms with van der Waals surface area (Å²) in [6.45, 7) is 4.94. The Morgan fingerprint density at radius 3 is 2.30 bits per heavy atom. The summed E-state index contributed by atoms with van der Waals surface area (Å²) in [6, 6.07) is 25.1. The van der Waals surface area contributed by atoms with E-state index in [0.29, 0.717) is 11.1 Å². The molecule has 150 valence electrons. The molecule has 0 aliphatic heterocycles. The number of fused-ring (bicyclic) bond motifs is 1. The summed E-state index contributed by atoms with van der Waals surface area (Å²) in [5, 5.41) is 4.82. The van der Waals surface area contributed by atoms with Gasteiger partial charge in [-0.05, 0) is 43.2 Å². The molecular weight excluding hydrogens is 374 g/mol. The van der Waals surface area contributed by atoms with Crippen molar-refractivity contribution in [1.29, 1.82) is 0 Å². The van der Waals surface area contributed by atoms with Gasteiger partial charge >= 0.3 is 5.97 Å². The number of aromatic nitrogens is 1. The lowest BCUT2D eigenvalue weighted by atomic mass is 10.1. The maximum absolute atomic E-state index is 12.5.